The topological polar surface area (TPSA) is 69.6 Å². The van der Waals surface area contributed by atoms with Crippen molar-refractivity contribution in [2.45, 2.75) is 104 Å². The van der Waals surface area contributed by atoms with E-state index in [0.29, 0.717) is 25.1 Å². The molecule has 0 aliphatic carbocycles. The van der Waals surface area contributed by atoms with Crippen molar-refractivity contribution in [2.24, 2.45) is 0 Å². The summed E-state index contributed by atoms with van der Waals surface area (Å²) in [6.07, 6.45) is 5.55. The Bertz CT molecular complexity index is 737. The molecule has 1 atom stereocenters. The second kappa shape index (κ2) is 9.40. The molecule has 1 aromatic rings. The number of carbonyl (C=O) groups is 2. The number of aromatic hydroxyl groups is 1. The summed E-state index contributed by atoms with van der Waals surface area (Å²) in [5.41, 5.74) is 2.57. The van der Waals surface area contributed by atoms with Crippen molar-refractivity contribution < 1.29 is 14.7 Å². The average molecular weight is 417 g/mol. The zero-order valence-corrected chi connectivity index (χ0v) is 19.9. The number of phenolic OH excluding ortho intramolecular Hbond substituents is 1. The molecule has 0 bridgehead atoms. The lowest BCUT2D eigenvalue weighted by Crippen LogP contribution is -2.36. The van der Waals surface area contributed by atoms with Gasteiger partial charge in [-0.15, -0.1) is 0 Å². The van der Waals surface area contributed by atoms with Gasteiger partial charge in [-0.3, -0.25) is 10.1 Å². The lowest BCUT2D eigenvalue weighted by atomic mass is 9.78. The first-order valence-corrected chi connectivity index (χ1v) is 11.3. The number of nitrogens with zero attached hydrogens (tertiary/aromatic N) is 1. The Hall–Kier alpha value is -2.04. The summed E-state index contributed by atoms with van der Waals surface area (Å²) in [5, 5.41) is 13.4. The van der Waals surface area contributed by atoms with Crippen molar-refractivity contribution in [1.29, 1.82) is 0 Å². The van der Waals surface area contributed by atoms with E-state index in [2.05, 4.69) is 65.9 Å². The molecule has 1 fully saturated rings. The number of nitrogens with one attached hydrogen (secondary N) is 1. The maximum atomic E-state index is 12.4. The Labute approximate surface area is 182 Å². The number of unbranched alkanes of at least 4 members (excludes halogenated alkanes) is 3. The van der Waals surface area contributed by atoms with Crippen LogP contribution in [-0.2, 0) is 22.0 Å². The Morgan fingerprint density at radius 1 is 0.967 bits per heavy atom. The number of urea groups is 1. The van der Waals surface area contributed by atoms with Crippen molar-refractivity contribution in [2.75, 3.05) is 6.54 Å². The van der Waals surface area contributed by atoms with Crippen LogP contribution >= 0.6 is 0 Å². The molecule has 2 N–H and O–H groups in total. The Balaban J connectivity index is 2.22. The van der Waals surface area contributed by atoms with Crippen LogP contribution in [0.2, 0.25) is 0 Å². The summed E-state index contributed by atoms with van der Waals surface area (Å²) in [6.45, 7) is 15.4. The fourth-order valence-corrected chi connectivity index (χ4v) is 4.08. The molecule has 168 valence electrons. The third kappa shape index (κ3) is 5.77. The zero-order valence-electron chi connectivity index (χ0n) is 19.9. The van der Waals surface area contributed by atoms with Gasteiger partial charge in [-0.25, -0.2) is 4.79 Å². The van der Waals surface area contributed by atoms with E-state index in [0.717, 1.165) is 42.4 Å². The first-order chi connectivity index (χ1) is 13.9. The summed E-state index contributed by atoms with van der Waals surface area (Å²) in [7, 11) is 0. The second-order valence-corrected chi connectivity index (χ2v) is 10.6. The Morgan fingerprint density at radius 3 is 2.03 bits per heavy atom. The van der Waals surface area contributed by atoms with E-state index in [-0.39, 0.29) is 22.8 Å². The first-order valence-electron chi connectivity index (χ1n) is 11.3. The van der Waals surface area contributed by atoms with Crippen LogP contribution in [0, 0.1) is 0 Å². The highest BCUT2D eigenvalue weighted by Gasteiger charge is 2.37. The van der Waals surface area contributed by atoms with Crippen molar-refractivity contribution in [3.8, 4) is 5.75 Å². The minimum atomic E-state index is -0.413. The maximum absolute atomic E-state index is 12.4. The van der Waals surface area contributed by atoms with Crippen LogP contribution in [0.1, 0.15) is 97.3 Å². The van der Waals surface area contributed by atoms with E-state index in [1.165, 1.54) is 0 Å². The van der Waals surface area contributed by atoms with E-state index in [4.69, 9.17) is 0 Å². The molecule has 5 heteroatoms. The largest absolute Gasteiger partial charge is 0.507 e. The van der Waals surface area contributed by atoms with Gasteiger partial charge in [0.25, 0.3) is 5.91 Å². The quantitative estimate of drug-likeness (QED) is 0.439. The van der Waals surface area contributed by atoms with E-state index < -0.39 is 6.04 Å². The van der Waals surface area contributed by atoms with Gasteiger partial charge in [-0.05, 0) is 46.8 Å². The Kier molecular flexibility index (Phi) is 7.59. The Morgan fingerprint density at radius 2 is 1.53 bits per heavy atom. The predicted octanol–water partition coefficient (Wildman–Crippen LogP) is 5.42. The van der Waals surface area contributed by atoms with E-state index in [9.17, 15) is 14.7 Å². The van der Waals surface area contributed by atoms with E-state index in [1.807, 2.05) is 0 Å². The molecule has 0 radical (unpaired) electrons. The van der Waals surface area contributed by atoms with Gasteiger partial charge in [-0.2, -0.15) is 0 Å². The minimum absolute atomic E-state index is 0.188. The molecule has 1 heterocycles. The zero-order chi connectivity index (χ0) is 22.7. The van der Waals surface area contributed by atoms with Crippen LogP contribution in [-0.4, -0.2) is 34.5 Å². The third-order valence-corrected chi connectivity index (χ3v) is 5.91. The lowest BCUT2D eigenvalue weighted by molar-refractivity contribution is -0.121. The lowest BCUT2D eigenvalue weighted by Gasteiger charge is -2.28. The SMILES string of the molecule is CCCCCCN1C(=O)NC(=O)C1CCc1cc(C(C)(C)C)c(O)c(C(C)(C)C)c1. The van der Waals surface area contributed by atoms with Gasteiger partial charge in [0, 0.05) is 6.54 Å². The molecule has 0 saturated carbocycles. The first kappa shape index (κ1) is 24.2. The van der Waals surface area contributed by atoms with Crippen LogP contribution in [0.15, 0.2) is 12.1 Å². The summed E-state index contributed by atoms with van der Waals surface area (Å²) >= 11 is 0. The van der Waals surface area contributed by atoms with Crippen LogP contribution in [0.4, 0.5) is 4.79 Å². The predicted molar refractivity (Wildman–Crippen MR) is 122 cm³/mol. The molecule has 3 amide bonds. The summed E-state index contributed by atoms with van der Waals surface area (Å²) < 4.78 is 0. The monoisotopic (exact) mass is 416 g/mol. The molecule has 0 aromatic heterocycles. The molecular formula is C25H40N2O3. The average Bonchev–Trinajstić information content (AvgIpc) is 2.88. The third-order valence-electron chi connectivity index (χ3n) is 5.91. The molecule has 30 heavy (non-hydrogen) atoms. The number of benzene rings is 1. The molecule has 2 rings (SSSR count). The maximum Gasteiger partial charge on any atom is 0.324 e. The van der Waals surface area contributed by atoms with Gasteiger partial charge in [0.1, 0.15) is 11.8 Å². The summed E-state index contributed by atoms with van der Waals surface area (Å²) in [6, 6.07) is 3.44. The van der Waals surface area contributed by atoms with Crippen LogP contribution < -0.4 is 5.32 Å². The molecule has 1 aromatic carbocycles. The highest BCUT2D eigenvalue weighted by atomic mass is 16.3. The standard InChI is InChI=1S/C25H40N2O3/c1-8-9-10-11-14-27-20(22(29)26-23(27)30)13-12-17-15-18(24(2,3)4)21(28)19(16-17)25(5,6)7/h15-16,20,28H,8-14H2,1-7H3,(H,26,29,30). The summed E-state index contributed by atoms with van der Waals surface area (Å²) in [5.74, 6) is 0.173. The van der Waals surface area contributed by atoms with E-state index >= 15 is 0 Å². The fraction of sp³-hybridized carbons (Fsp3) is 0.680. The van der Waals surface area contributed by atoms with Crippen LogP contribution in [0.25, 0.3) is 0 Å². The van der Waals surface area contributed by atoms with Gasteiger partial charge in [0.05, 0.1) is 0 Å². The highest BCUT2D eigenvalue weighted by Crippen LogP contribution is 2.40. The van der Waals surface area contributed by atoms with Crippen LogP contribution in [0.5, 0.6) is 5.75 Å². The van der Waals surface area contributed by atoms with Gasteiger partial charge < -0.3 is 10.0 Å². The van der Waals surface area contributed by atoms with Crippen molar-refractivity contribution in [3.05, 3.63) is 28.8 Å². The number of hydrogen-bond donors (Lipinski definition) is 2. The molecule has 0 spiro atoms. The second-order valence-electron chi connectivity index (χ2n) is 10.6. The summed E-state index contributed by atoms with van der Waals surface area (Å²) in [4.78, 5) is 26.3. The van der Waals surface area contributed by atoms with Crippen LogP contribution in [0.3, 0.4) is 0 Å². The highest BCUT2D eigenvalue weighted by molar-refractivity contribution is 6.04. The van der Waals surface area contributed by atoms with Gasteiger partial charge >= 0.3 is 6.03 Å². The van der Waals surface area contributed by atoms with Crippen molar-refractivity contribution >= 4 is 11.9 Å². The number of imide groups is 1. The molecule has 1 saturated heterocycles. The smallest absolute Gasteiger partial charge is 0.324 e. The number of carbonyl (C=O) groups excluding carboxylic acids is 2. The molecule has 1 aliphatic rings. The van der Waals surface area contributed by atoms with Gasteiger partial charge in [0.15, 0.2) is 0 Å². The van der Waals surface area contributed by atoms with Crippen molar-refractivity contribution in [1.82, 2.24) is 10.2 Å². The van der Waals surface area contributed by atoms with Gasteiger partial charge in [-0.1, -0.05) is 79.9 Å². The fourth-order valence-electron chi connectivity index (χ4n) is 4.08. The normalized spacial score (nSPS) is 17.6. The molecular weight excluding hydrogens is 376 g/mol. The molecule has 5 nitrogen and oxygen atoms in total. The molecule has 1 aliphatic heterocycles. The molecule has 1 unspecified atom stereocenters. The van der Waals surface area contributed by atoms with E-state index in [1.54, 1.807) is 4.90 Å². The van der Waals surface area contributed by atoms with Crippen molar-refractivity contribution in [3.63, 3.8) is 0 Å². The van der Waals surface area contributed by atoms with Gasteiger partial charge in [0.2, 0.25) is 0 Å². The number of phenols is 1. The number of amides is 3. The number of aryl methyl sites for hydroxylation is 1. The number of hydrogen-bond acceptors (Lipinski definition) is 3. The minimum Gasteiger partial charge on any atom is -0.507 e. The number of rotatable bonds is 8.